The lowest BCUT2D eigenvalue weighted by Gasteiger charge is -2.18. The second kappa shape index (κ2) is 7.66. The summed E-state index contributed by atoms with van der Waals surface area (Å²) in [6, 6.07) is 15.0. The standard InChI is InChI=1S/C17H18BrF2N/c1-2-16(13-7-9-15(18)10-8-13)21-11-12-3-5-14(6-4-12)17(19)20/h3-10,16-17,21H,2,11H2,1H3. The van der Waals surface area contributed by atoms with Crippen molar-refractivity contribution >= 4 is 15.9 Å². The highest BCUT2D eigenvalue weighted by atomic mass is 79.9. The van der Waals surface area contributed by atoms with Crippen molar-refractivity contribution in [1.29, 1.82) is 0 Å². The van der Waals surface area contributed by atoms with Crippen molar-refractivity contribution in [3.8, 4) is 0 Å². The second-order valence-electron chi connectivity index (χ2n) is 4.94. The normalized spacial score (nSPS) is 12.6. The Morgan fingerprint density at radius 3 is 2.05 bits per heavy atom. The fourth-order valence-electron chi connectivity index (χ4n) is 2.21. The molecule has 1 N–H and O–H groups in total. The summed E-state index contributed by atoms with van der Waals surface area (Å²) >= 11 is 3.43. The number of hydrogen-bond donors (Lipinski definition) is 1. The predicted molar refractivity (Wildman–Crippen MR) is 85.4 cm³/mol. The molecule has 0 aromatic heterocycles. The van der Waals surface area contributed by atoms with Crippen LogP contribution in [0.5, 0.6) is 0 Å². The Labute approximate surface area is 132 Å². The molecule has 0 bridgehead atoms. The third-order valence-corrected chi connectivity index (χ3v) is 3.99. The Morgan fingerprint density at radius 1 is 0.952 bits per heavy atom. The summed E-state index contributed by atoms with van der Waals surface area (Å²) in [6.45, 7) is 2.79. The summed E-state index contributed by atoms with van der Waals surface area (Å²) in [5.41, 5.74) is 2.30. The summed E-state index contributed by atoms with van der Waals surface area (Å²) in [4.78, 5) is 0. The molecule has 2 aromatic rings. The van der Waals surface area contributed by atoms with E-state index in [2.05, 4.69) is 40.3 Å². The van der Waals surface area contributed by atoms with Gasteiger partial charge in [-0.1, -0.05) is 59.3 Å². The Balaban J connectivity index is 1.98. The number of benzene rings is 2. The summed E-state index contributed by atoms with van der Waals surface area (Å²) in [5.74, 6) is 0. The zero-order valence-electron chi connectivity index (χ0n) is 11.8. The quantitative estimate of drug-likeness (QED) is 0.709. The second-order valence-corrected chi connectivity index (χ2v) is 5.85. The summed E-state index contributed by atoms with van der Waals surface area (Å²) < 4.78 is 26.1. The van der Waals surface area contributed by atoms with E-state index in [4.69, 9.17) is 0 Å². The van der Waals surface area contributed by atoms with Crippen molar-refractivity contribution in [2.45, 2.75) is 32.4 Å². The average Bonchev–Trinajstić information content (AvgIpc) is 2.50. The van der Waals surface area contributed by atoms with Crippen LogP contribution in [-0.4, -0.2) is 0 Å². The van der Waals surface area contributed by atoms with Crippen molar-refractivity contribution in [2.75, 3.05) is 0 Å². The maximum Gasteiger partial charge on any atom is 0.263 e. The van der Waals surface area contributed by atoms with Crippen molar-refractivity contribution in [1.82, 2.24) is 5.32 Å². The van der Waals surface area contributed by atoms with Crippen LogP contribution in [0, 0.1) is 0 Å². The van der Waals surface area contributed by atoms with Gasteiger partial charge in [-0.15, -0.1) is 0 Å². The van der Waals surface area contributed by atoms with Gasteiger partial charge in [0.05, 0.1) is 0 Å². The zero-order chi connectivity index (χ0) is 15.2. The third-order valence-electron chi connectivity index (χ3n) is 3.46. The number of alkyl halides is 2. The van der Waals surface area contributed by atoms with E-state index in [1.807, 2.05) is 12.1 Å². The van der Waals surface area contributed by atoms with Gasteiger partial charge in [-0.05, 0) is 29.7 Å². The molecule has 2 rings (SSSR count). The van der Waals surface area contributed by atoms with Gasteiger partial charge in [0.2, 0.25) is 0 Å². The fourth-order valence-corrected chi connectivity index (χ4v) is 2.48. The van der Waals surface area contributed by atoms with Crippen molar-refractivity contribution in [3.63, 3.8) is 0 Å². The maximum atomic E-state index is 12.5. The zero-order valence-corrected chi connectivity index (χ0v) is 13.4. The first-order valence-corrected chi connectivity index (χ1v) is 7.75. The van der Waals surface area contributed by atoms with Gasteiger partial charge in [-0.3, -0.25) is 0 Å². The van der Waals surface area contributed by atoms with E-state index in [1.54, 1.807) is 12.1 Å². The molecule has 0 radical (unpaired) electrons. The molecule has 1 nitrogen and oxygen atoms in total. The smallest absolute Gasteiger partial charge is 0.263 e. The van der Waals surface area contributed by atoms with Crippen LogP contribution in [0.15, 0.2) is 53.0 Å². The lowest BCUT2D eigenvalue weighted by atomic mass is 10.0. The van der Waals surface area contributed by atoms with Gasteiger partial charge in [-0.25, -0.2) is 8.78 Å². The molecule has 4 heteroatoms. The molecule has 0 aliphatic rings. The van der Waals surface area contributed by atoms with E-state index in [9.17, 15) is 8.78 Å². The topological polar surface area (TPSA) is 12.0 Å². The van der Waals surface area contributed by atoms with Gasteiger partial charge in [0, 0.05) is 22.6 Å². The van der Waals surface area contributed by atoms with E-state index in [0.29, 0.717) is 6.54 Å². The SMILES string of the molecule is CCC(NCc1ccc(C(F)F)cc1)c1ccc(Br)cc1. The Morgan fingerprint density at radius 2 is 1.52 bits per heavy atom. The Hall–Kier alpha value is -1.26. The molecule has 0 aliphatic heterocycles. The fraction of sp³-hybridized carbons (Fsp3) is 0.294. The molecule has 0 amide bonds. The monoisotopic (exact) mass is 353 g/mol. The van der Waals surface area contributed by atoms with Gasteiger partial charge in [0.1, 0.15) is 0 Å². The average molecular weight is 354 g/mol. The summed E-state index contributed by atoms with van der Waals surface area (Å²) in [5, 5.41) is 3.47. The minimum Gasteiger partial charge on any atom is -0.306 e. The van der Waals surface area contributed by atoms with Crippen molar-refractivity contribution in [3.05, 3.63) is 69.7 Å². The van der Waals surface area contributed by atoms with Gasteiger partial charge in [0.15, 0.2) is 0 Å². The number of nitrogens with one attached hydrogen (secondary N) is 1. The van der Waals surface area contributed by atoms with E-state index >= 15 is 0 Å². The molecule has 21 heavy (non-hydrogen) atoms. The molecule has 2 aromatic carbocycles. The van der Waals surface area contributed by atoms with E-state index in [1.165, 1.54) is 17.7 Å². The number of rotatable bonds is 6. The lowest BCUT2D eigenvalue weighted by molar-refractivity contribution is 0.151. The molecule has 0 fully saturated rings. The van der Waals surface area contributed by atoms with Crippen LogP contribution in [0.3, 0.4) is 0 Å². The molecule has 1 atom stereocenters. The molecule has 0 saturated carbocycles. The Bertz CT molecular complexity index is 552. The minimum absolute atomic E-state index is 0.0682. The van der Waals surface area contributed by atoms with Crippen LogP contribution in [0.2, 0.25) is 0 Å². The predicted octanol–water partition coefficient (Wildman–Crippen LogP) is 5.63. The Kier molecular flexibility index (Phi) is 5.88. The first-order valence-electron chi connectivity index (χ1n) is 6.96. The van der Waals surface area contributed by atoms with Crippen LogP contribution in [-0.2, 0) is 6.54 Å². The highest BCUT2D eigenvalue weighted by Gasteiger charge is 2.09. The van der Waals surface area contributed by atoms with Crippen LogP contribution in [0.1, 0.15) is 42.5 Å². The summed E-state index contributed by atoms with van der Waals surface area (Å²) in [6.07, 6.45) is -1.44. The van der Waals surface area contributed by atoms with Crippen molar-refractivity contribution < 1.29 is 8.78 Å². The molecular weight excluding hydrogens is 336 g/mol. The van der Waals surface area contributed by atoms with Gasteiger partial charge < -0.3 is 5.32 Å². The van der Waals surface area contributed by atoms with Gasteiger partial charge >= 0.3 is 0 Å². The molecule has 0 heterocycles. The molecule has 0 spiro atoms. The van der Waals surface area contributed by atoms with Crippen LogP contribution >= 0.6 is 15.9 Å². The maximum absolute atomic E-state index is 12.5. The molecule has 0 saturated heterocycles. The lowest BCUT2D eigenvalue weighted by Crippen LogP contribution is -2.20. The molecular formula is C17H18BrF2N. The van der Waals surface area contributed by atoms with Crippen LogP contribution in [0.4, 0.5) is 8.78 Å². The van der Waals surface area contributed by atoms with E-state index < -0.39 is 6.43 Å². The number of hydrogen-bond acceptors (Lipinski definition) is 1. The molecule has 1 unspecified atom stereocenters. The third kappa shape index (κ3) is 4.61. The number of halogens is 3. The van der Waals surface area contributed by atoms with Crippen LogP contribution < -0.4 is 5.32 Å². The van der Waals surface area contributed by atoms with Gasteiger partial charge in [0.25, 0.3) is 6.43 Å². The first-order chi connectivity index (χ1) is 10.1. The largest absolute Gasteiger partial charge is 0.306 e. The highest BCUT2D eigenvalue weighted by molar-refractivity contribution is 9.10. The van der Waals surface area contributed by atoms with Gasteiger partial charge in [-0.2, -0.15) is 0 Å². The van der Waals surface area contributed by atoms with Crippen LogP contribution in [0.25, 0.3) is 0 Å². The van der Waals surface area contributed by atoms with E-state index in [0.717, 1.165) is 16.5 Å². The highest BCUT2D eigenvalue weighted by Crippen LogP contribution is 2.21. The van der Waals surface area contributed by atoms with E-state index in [-0.39, 0.29) is 11.6 Å². The molecule has 112 valence electrons. The van der Waals surface area contributed by atoms with Crippen molar-refractivity contribution in [2.24, 2.45) is 0 Å². The minimum atomic E-state index is -2.40. The first kappa shape index (κ1) is 16.1. The summed E-state index contributed by atoms with van der Waals surface area (Å²) in [7, 11) is 0. The molecule has 0 aliphatic carbocycles.